The zero-order valence-electron chi connectivity index (χ0n) is 18.5. The van der Waals surface area contributed by atoms with Crippen molar-refractivity contribution in [1.82, 2.24) is 19.9 Å². The van der Waals surface area contributed by atoms with Gasteiger partial charge in [-0.15, -0.1) is 0 Å². The number of hydrogen-bond donors (Lipinski definition) is 3. The third-order valence-electron chi connectivity index (χ3n) is 4.69. The molecule has 2 heterocycles. The second-order valence-corrected chi connectivity index (χ2v) is 7.45. The van der Waals surface area contributed by atoms with Gasteiger partial charge in [0.1, 0.15) is 12.1 Å². The molecule has 0 unspecified atom stereocenters. The third kappa shape index (κ3) is 6.74. The van der Waals surface area contributed by atoms with Crippen molar-refractivity contribution in [1.29, 1.82) is 0 Å². The Morgan fingerprint density at radius 3 is 2.45 bits per heavy atom. The maximum Gasteiger partial charge on any atom is 0.224 e. The van der Waals surface area contributed by atoms with Gasteiger partial charge in [-0.3, -0.25) is 4.79 Å². The maximum atomic E-state index is 12.5. The van der Waals surface area contributed by atoms with E-state index >= 15 is 0 Å². The van der Waals surface area contributed by atoms with E-state index in [9.17, 15) is 4.79 Å². The second-order valence-electron chi connectivity index (χ2n) is 7.45. The third-order valence-corrected chi connectivity index (χ3v) is 4.69. The number of benzene rings is 1. The van der Waals surface area contributed by atoms with Gasteiger partial charge < -0.3 is 16.0 Å². The molecule has 0 saturated heterocycles. The highest BCUT2D eigenvalue weighted by atomic mass is 16.1. The molecule has 8 nitrogen and oxygen atoms in total. The van der Waals surface area contributed by atoms with Crippen molar-refractivity contribution in [3.8, 4) is 0 Å². The number of anilines is 4. The molecule has 3 N–H and O–H groups in total. The smallest absolute Gasteiger partial charge is 0.224 e. The van der Waals surface area contributed by atoms with E-state index in [2.05, 4.69) is 42.8 Å². The molecule has 3 aromatic rings. The summed E-state index contributed by atoms with van der Waals surface area (Å²) in [4.78, 5) is 29.5. The molecule has 0 aliphatic carbocycles. The Bertz CT molecular complexity index is 1030. The fraction of sp³-hybridized carbons (Fsp3) is 0.348. The Hall–Kier alpha value is -3.55. The van der Waals surface area contributed by atoms with Gasteiger partial charge in [-0.25, -0.2) is 19.9 Å². The number of rotatable bonds is 9. The van der Waals surface area contributed by atoms with Crippen LogP contribution in [0.15, 0.2) is 36.7 Å². The quantitative estimate of drug-likeness (QED) is 0.443. The van der Waals surface area contributed by atoms with E-state index in [-0.39, 0.29) is 5.91 Å². The Morgan fingerprint density at radius 2 is 1.74 bits per heavy atom. The Morgan fingerprint density at radius 1 is 0.968 bits per heavy atom. The number of carbonyl (C=O) groups excluding carboxylic acids is 1. The topological polar surface area (TPSA) is 105 Å². The zero-order valence-corrected chi connectivity index (χ0v) is 18.5. The first-order chi connectivity index (χ1) is 14.9. The molecule has 0 spiro atoms. The van der Waals surface area contributed by atoms with Crippen molar-refractivity contribution < 1.29 is 4.79 Å². The second kappa shape index (κ2) is 10.5. The molecule has 0 bridgehead atoms. The highest BCUT2D eigenvalue weighted by Crippen LogP contribution is 2.24. The first-order valence-electron chi connectivity index (χ1n) is 10.5. The summed E-state index contributed by atoms with van der Waals surface area (Å²) in [6.45, 7) is 8.49. The molecular weight excluding hydrogens is 390 g/mol. The largest absolute Gasteiger partial charge is 0.354 e. The molecule has 0 aliphatic heterocycles. The number of hydrogen-bond acceptors (Lipinski definition) is 7. The first kappa shape index (κ1) is 22.1. The lowest BCUT2D eigenvalue weighted by Crippen LogP contribution is -2.15. The van der Waals surface area contributed by atoms with Crippen LogP contribution in [-0.2, 0) is 11.2 Å². The summed E-state index contributed by atoms with van der Waals surface area (Å²) in [6.07, 6.45) is 3.44. The molecule has 0 atom stereocenters. The molecule has 31 heavy (non-hydrogen) atoms. The molecule has 1 amide bonds. The molecule has 1 aromatic carbocycles. The molecule has 0 aliphatic rings. The number of aryl methyl sites for hydroxylation is 4. The van der Waals surface area contributed by atoms with Gasteiger partial charge in [-0.2, -0.15) is 0 Å². The predicted molar refractivity (Wildman–Crippen MR) is 124 cm³/mol. The molecule has 3 rings (SSSR count). The molecular formula is C23H29N7O. The van der Waals surface area contributed by atoms with Crippen LogP contribution < -0.4 is 16.0 Å². The normalized spacial score (nSPS) is 10.6. The van der Waals surface area contributed by atoms with Gasteiger partial charge in [-0.1, -0.05) is 13.0 Å². The van der Waals surface area contributed by atoms with Crippen molar-refractivity contribution in [2.75, 3.05) is 22.5 Å². The van der Waals surface area contributed by atoms with E-state index < -0.39 is 0 Å². The fourth-order valence-electron chi connectivity index (χ4n) is 3.22. The van der Waals surface area contributed by atoms with E-state index in [1.54, 1.807) is 0 Å². The van der Waals surface area contributed by atoms with Crippen LogP contribution in [0.4, 0.5) is 23.1 Å². The fourth-order valence-corrected chi connectivity index (χ4v) is 3.22. The van der Waals surface area contributed by atoms with Gasteiger partial charge >= 0.3 is 0 Å². The van der Waals surface area contributed by atoms with Crippen molar-refractivity contribution in [3.63, 3.8) is 0 Å². The molecule has 162 valence electrons. The first-order valence-corrected chi connectivity index (χ1v) is 10.5. The number of nitrogens with zero attached hydrogens (tertiary/aromatic N) is 4. The van der Waals surface area contributed by atoms with Gasteiger partial charge in [0.05, 0.1) is 0 Å². The minimum absolute atomic E-state index is 0.0205. The van der Waals surface area contributed by atoms with E-state index in [0.29, 0.717) is 31.2 Å². The van der Waals surface area contributed by atoms with Crippen LogP contribution in [-0.4, -0.2) is 32.4 Å². The van der Waals surface area contributed by atoms with Gasteiger partial charge in [0.2, 0.25) is 11.9 Å². The summed E-state index contributed by atoms with van der Waals surface area (Å²) in [5.74, 6) is 1.30. The molecule has 8 heteroatoms. The molecule has 0 saturated carbocycles. The minimum atomic E-state index is -0.0205. The zero-order chi connectivity index (χ0) is 22.2. The standard InChI is InChI=1S/C23H29N7O/c1-5-18-8-9-19(29-21-12-15(2)25-14-26-21)13-20(18)30-22(31)7-6-10-24-23-27-16(3)11-17(4)28-23/h8-9,11-14H,5-7,10H2,1-4H3,(H,30,31)(H,24,27,28)(H,25,26,29). The van der Waals surface area contributed by atoms with Crippen molar-refractivity contribution >= 4 is 29.0 Å². The van der Waals surface area contributed by atoms with Crippen LogP contribution >= 0.6 is 0 Å². The highest BCUT2D eigenvalue weighted by molar-refractivity contribution is 5.92. The molecule has 0 radical (unpaired) electrons. The van der Waals surface area contributed by atoms with Gasteiger partial charge in [0.15, 0.2) is 0 Å². The molecule has 0 fully saturated rings. The van der Waals surface area contributed by atoms with Gasteiger partial charge in [0, 0.05) is 47.5 Å². The summed E-state index contributed by atoms with van der Waals surface area (Å²) < 4.78 is 0. The molecule has 2 aromatic heterocycles. The van der Waals surface area contributed by atoms with E-state index in [1.807, 2.05) is 51.1 Å². The van der Waals surface area contributed by atoms with E-state index in [1.165, 1.54) is 6.33 Å². The summed E-state index contributed by atoms with van der Waals surface area (Å²) in [5, 5.41) is 9.49. The van der Waals surface area contributed by atoms with Crippen LogP contribution in [0.25, 0.3) is 0 Å². The number of aromatic nitrogens is 4. The maximum absolute atomic E-state index is 12.5. The summed E-state index contributed by atoms with van der Waals surface area (Å²) in [5.41, 5.74) is 5.49. The Kier molecular flexibility index (Phi) is 7.48. The van der Waals surface area contributed by atoms with Crippen LogP contribution in [0.2, 0.25) is 0 Å². The van der Waals surface area contributed by atoms with E-state index in [0.717, 1.165) is 40.4 Å². The van der Waals surface area contributed by atoms with Crippen molar-refractivity contribution in [2.24, 2.45) is 0 Å². The lowest BCUT2D eigenvalue weighted by molar-refractivity contribution is -0.116. The average Bonchev–Trinajstić information content (AvgIpc) is 2.71. The van der Waals surface area contributed by atoms with E-state index in [4.69, 9.17) is 0 Å². The van der Waals surface area contributed by atoms with Crippen LogP contribution in [0.3, 0.4) is 0 Å². The van der Waals surface area contributed by atoms with Crippen LogP contribution in [0, 0.1) is 20.8 Å². The minimum Gasteiger partial charge on any atom is -0.354 e. The number of carbonyl (C=O) groups is 1. The lowest BCUT2D eigenvalue weighted by atomic mass is 10.1. The average molecular weight is 420 g/mol. The summed E-state index contributed by atoms with van der Waals surface area (Å²) in [6, 6.07) is 9.75. The van der Waals surface area contributed by atoms with Crippen molar-refractivity contribution in [2.45, 2.75) is 47.0 Å². The number of amides is 1. The van der Waals surface area contributed by atoms with Gasteiger partial charge in [0.25, 0.3) is 0 Å². The monoisotopic (exact) mass is 419 g/mol. The highest BCUT2D eigenvalue weighted by Gasteiger charge is 2.08. The number of nitrogens with one attached hydrogen (secondary N) is 3. The summed E-state index contributed by atoms with van der Waals surface area (Å²) >= 11 is 0. The predicted octanol–water partition coefficient (Wildman–Crippen LogP) is 4.33. The Balaban J connectivity index is 1.55. The summed E-state index contributed by atoms with van der Waals surface area (Å²) in [7, 11) is 0. The van der Waals surface area contributed by atoms with Crippen LogP contribution in [0.1, 0.15) is 42.4 Å². The lowest BCUT2D eigenvalue weighted by Gasteiger charge is -2.13. The van der Waals surface area contributed by atoms with Crippen molar-refractivity contribution in [3.05, 3.63) is 59.3 Å². The van der Waals surface area contributed by atoms with Crippen LogP contribution in [0.5, 0.6) is 0 Å². The van der Waals surface area contributed by atoms with Gasteiger partial charge in [-0.05, 0) is 57.4 Å². The SMILES string of the molecule is CCc1ccc(Nc2cc(C)ncn2)cc1NC(=O)CCCNc1nc(C)cc(C)n1. The Labute approximate surface area is 183 Å².